The molecule has 0 fully saturated rings. The summed E-state index contributed by atoms with van der Waals surface area (Å²) in [6.07, 6.45) is 3.41. The van der Waals surface area contributed by atoms with Crippen LogP contribution in [0.15, 0.2) is 35.7 Å². The van der Waals surface area contributed by atoms with Crippen LogP contribution in [0.5, 0.6) is 0 Å². The molecule has 3 rings (SSSR count). The van der Waals surface area contributed by atoms with Gasteiger partial charge >= 0.3 is 5.97 Å². The van der Waals surface area contributed by atoms with E-state index in [0.717, 1.165) is 36.1 Å². The Balaban J connectivity index is 1.98. The zero-order valence-electron chi connectivity index (χ0n) is 18.6. The van der Waals surface area contributed by atoms with Crippen molar-refractivity contribution in [3.05, 3.63) is 52.0 Å². The van der Waals surface area contributed by atoms with Gasteiger partial charge in [-0.3, -0.25) is 4.79 Å². The predicted molar refractivity (Wildman–Crippen MR) is 125 cm³/mol. The van der Waals surface area contributed by atoms with Gasteiger partial charge in [0.1, 0.15) is 11.9 Å². The molecule has 166 valence electrons. The first-order valence-corrected chi connectivity index (χ1v) is 11.8. The topological polar surface area (TPSA) is 84.2 Å². The summed E-state index contributed by atoms with van der Waals surface area (Å²) in [5.41, 5.74) is 2.20. The van der Waals surface area contributed by atoms with Crippen LogP contribution in [0.1, 0.15) is 74.1 Å². The molecule has 0 spiro atoms. The Hall–Kier alpha value is -2.67. The fourth-order valence-electron chi connectivity index (χ4n) is 3.95. The first-order chi connectivity index (χ1) is 14.9. The van der Waals surface area contributed by atoms with Crippen LogP contribution in [0, 0.1) is 5.92 Å². The lowest BCUT2D eigenvalue weighted by atomic mass is 9.99. The van der Waals surface area contributed by atoms with E-state index in [2.05, 4.69) is 35.2 Å². The van der Waals surface area contributed by atoms with Crippen molar-refractivity contribution < 1.29 is 14.7 Å². The maximum Gasteiger partial charge on any atom is 0.326 e. The molecule has 1 unspecified atom stereocenters. The smallest absolute Gasteiger partial charge is 0.326 e. The number of carbonyl (C=O) groups is 2. The number of carboxylic acid groups (broad SMARTS) is 1. The second kappa shape index (κ2) is 10.1. The Bertz CT molecular complexity index is 1040. The zero-order chi connectivity index (χ0) is 22.5. The van der Waals surface area contributed by atoms with Crippen molar-refractivity contribution >= 4 is 34.2 Å². The number of benzene rings is 1. The average molecular weight is 442 g/mol. The molecule has 0 bridgehead atoms. The monoisotopic (exact) mass is 441 g/mol. The highest BCUT2D eigenvalue weighted by Crippen LogP contribution is 2.28. The molecule has 6 nitrogen and oxygen atoms in total. The van der Waals surface area contributed by atoms with Gasteiger partial charge in [0.2, 0.25) is 0 Å². The number of nitrogens with zero attached hydrogens (tertiary/aromatic N) is 2. The van der Waals surface area contributed by atoms with E-state index in [-0.39, 0.29) is 11.8 Å². The lowest BCUT2D eigenvalue weighted by Crippen LogP contribution is -2.45. The van der Waals surface area contributed by atoms with E-state index in [4.69, 9.17) is 4.98 Å². The number of hydrogen-bond acceptors (Lipinski definition) is 4. The molecule has 1 amide bonds. The van der Waals surface area contributed by atoms with Crippen molar-refractivity contribution in [1.29, 1.82) is 0 Å². The molecule has 2 aromatic heterocycles. The van der Waals surface area contributed by atoms with Gasteiger partial charge in [0.15, 0.2) is 0 Å². The number of carbonyl (C=O) groups excluding carboxylic acids is 1. The van der Waals surface area contributed by atoms with Crippen LogP contribution < -0.4 is 5.32 Å². The van der Waals surface area contributed by atoms with E-state index in [1.807, 2.05) is 26.0 Å². The van der Waals surface area contributed by atoms with Crippen LogP contribution in [-0.2, 0) is 11.2 Å². The molecule has 0 aliphatic heterocycles. The standard InChI is InChI=1S/C24H31N3O3S/c1-5-15(4)22(24(29)30)26-23(28)16-10-11-20-19(13-16)25-21(14-18-9-8-12-31-18)27(20)17(6-2)7-3/h8-13,15,17,22H,5-7,14H2,1-4H3,(H,26,28)(H,29,30)/t15-,22?/m1/s1. The highest BCUT2D eigenvalue weighted by atomic mass is 32.1. The summed E-state index contributed by atoms with van der Waals surface area (Å²) in [4.78, 5) is 30.5. The van der Waals surface area contributed by atoms with E-state index in [1.165, 1.54) is 4.88 Å². The molecular weight excluding hydrogens is 410 g/mol. The maximum absolute atomic E-state index is 12.8. The number of amides is 1. The number of aromatic nitrogens is 2. The molecular formula is C24H31N3O3S. The Morgan fingerprint density at radius 1 is 1.16 bits per heavy atom. The van der Waals surface area contributed by atoms with E-state index in [1.54, 1.807) is 23.5 Å². The molecule has 31 heavy (non-hydrogen) atoms. The summed E-state index contributed by atoms with van der Waals surface area (Å²) in [6.45, 7) is 8.10. The minimum absolute atomic E-state index is 0.156. The molecule has 0 aliphatic rings. The second-order valence-corrected chi connectivity index (χ2v) is 9.04. The Labute approximate surface area is 187 Å². The lowest BCUT2D eigenvalue weighted by molar-refractivity contribution is -0.140. The van der Waals surface area contributed by atoms with Gasteiger partial charge < -0.3 is 15.0 Å². The van der Waals surface area contributed by atoms with Gasteiger partial charge in [-0.15, -0.1) is 11.3 Å². The normalized spacial score (nSPS) is 13.5. The number of carboxylic acids is 1. The Morgan fingerprint density at radius 3 is 2.48 bits per heavy atom. The molecule has 2 atom stereocenters. The van der Waals surface area contributed by atoms with E-state index < -0.39 is 12.0 Å². The molecule has 2 N–H and O–H groups in total. The molecule has 1 aromatic carbocycles. The van der Waals surface area contributed by atoms with Crippen LogP contribution in [-0.4, -0.2) is 32.6 Å². The van der Waals surface area contributed by atoms with Crippen LogP contribution in [0.2, 0.25) is 0 Å². The highest BCUT2D eigenvalue weighted by molar-refractivity contribution is 7.09. The number of aliphatic carboxylic acids is 1. The molecule has 0 saturated carbocycles. The van der Waals surface area contributed by atoms with Gasteiger partial charge in [-0.05, 0) is 48.4 Å². The Kier molecular flexibility index (Phi) is 7.49. The zero-order valence-corrected chi connectivity index (χ0v) is 19.4. The molecule has 3 aromatic rings. The lowest BCUT2D eigenvalue weighted by Gasteiger charge is -2.20. The number of rotatable bonds is 10. The minimum Gasteiger partial charge on any atom is -0.480 e. The fraction of sp³-hybridized carbons (Fsp3) is 0.458. The number of hydrogen-bond donors (Lipinski definition) is 2. The molecule has 0 aliphatic carbocycles. The molecule has 2 heterocycles. The number of imidazole rings is 1. The maximum atomic E-state index is 12.8. The van der Waals surface area contributed by atoms with E-state index >= 15 is 0 Å². The van der Waals surface area contributed by atoms with Gasteiger partial charge in [-0.1, -0.05) is 40.2 Å². The molecule has 0 saturated heterocycles. The molecule has 7 heteroatoms. The summed E-state index contributed by atoms with van der Waals surface area (Å²) in [5, 5.41) is 14.2. The first-order valence-electron chi connectivity index (χ1n) is 11.0. The van der Waals surface area contributed by atoms with Gasteiger partial charge in [-0.2, -0.15) is 0 Å². The number of thiophene rings is 1. The molecule has 0 radical (unpaired) electrons. The van der Waals surface area contributed by atoms with Gasteiger partial charge in [0.25, 0.3) is 5.91 Å². The van der Waals surface area contributed by atoms with E-state index in [9.17, 15) is 14.7 Å². The first kappa shape index (κ1) is 23.0. The largest absolute Gasteiger partial charge is 0.480 e. The Morgan fingerprint density at radius 2 is 1.90 bits per heavy atom. The third-order valence-corrected chi connectivity index (χ3v) is 6.89. The SMILES string of the molecule is CCC(CC)n1c(Cc2cccs2)nc2cc(C(=O)NC(C(=O)O)[C@H](C)CC)ccc21. The van der Waals surface area contributed by atoms with Crippen molar-refractivity contribution in [3.8, 4) is 0 Å². The minimum atomic E-state index is -1.01. The third-order valence-electron chi connectivity index (χ3n) is 6.01. The predicted octanol–water partition coefficient (Wildman–Crippen LogP) is 5.28. The summed E-state index contributed by atoms with van der Waals surface area (Å²) >= 11 is 1.71. The van der Waals surface area contributed by atoms with Gasteiger partial charge in [0.05, 0.1) is 11.0 Å². The summed E-state index contributed by atoms with van der Waals surface area (Å²) in [6, 6.07) is 9.06. The average Bonchev–Trinajstić information content (AvgIpc) is 3.40. The van der Waals surface area contributed by atoms with Gasteiger partial charge in [-0.25, -0.2) is 9.78 Å². The summed E-state index contributed by atoms with van der Waals surface area (Å²) < 4.78 is 2.30. The van der Waals surface area contributed by atoms with Crippen molar-refractivity contribution in [1.82, 2.24) is 14.9 Å². The van der Waals surface area contributed by atoms with Gasteiger partial charge in [0, 0.05) is 22.9 Å². The van der Waals surface area contributed by atoms with Crippen molar-refractivity contribution in [2.45, 2.75) is 65.5 Å². The van der Waals surface area contributed by atoms with Crippen molar-refractivity contribution in [2.75, 3.05) is 0 Å². The quantitative estimate of drug-likeness (QED) is 0.448. The van der Waals surface area contributed by atoms with Crippen LogP contribution >= 0.6 is 11.3 Å². The number of nitrogens with one attached hydrogen (secondary N) is 1. The highest BCUT2D eigenvalue weighted by Gasteiger charge is 2.26. The van der Waals surface area contributed by atoms with Crippen molar-refractivity contribution in [3.63, 3.8) is 0 Å². The fourth-order valence-corrected chi connectivity index (χ4v) is 4.65. The van der Waals surface area contributed by atoms with Crippen LogP contribution in [0.25, 0.3) is 11.0 Å². The van der Waals surface area contributed by atoms with Crippen molar-refractivity contribution in [2.24, 2.45) is 5.92 Å². The third kappa shape index (κ3) is 4.98. The second-order valence-electron chi connectivity index (χ2n) is 8.00. The number of fused-ring (bicyclic) bond motifs is 1. The van der Waals surface area contributed by atoms with Crippen LogP contribution in [0.4, 0.5) is 0 Å². The summed E-state index contributed by atoms with van der Waals surface area (Å²) in [7, 11) is 0. The van der Waals surface area contributed by atoms with E-state index in [0.29, 0.717) is 18.0 Å². The van der Waals surface area contributed by atoms with Crippen LogP contribution in [0.3, 0.4) is 0 Å². The summed E-state index contributed by atoms with van der Waals surface area (Å²) in [5.74, 6) is -0.560.